The molecule has 6 rings (SSSR count). The van der Waals surface area contributed by atoms with Crippen LogP contribution in [0, 0.1) is 41.5 Å². The predicted octanol–water partition coefficient (Wildman–Crippen LogP) is 10.1. The summed E-state index contributed by atoms with van der Waals surface area (Å²) in [7, 11) is 0. The number of anilines is 1. The van der Waals surface area contributed by atoms with Gasteiger partial charge in [-0.1, -0.05) is 10.3 Å². The summed E-state index contributed by atoms with van der Waals surface area (Å²) in [5.41, 5.74) is 1.48. The van der Waals surface area contributed by atoms with Crippen LogP contribution in [0.1, 0.15) is 78.4 Å². The second kappa shape index (κ2) is 21.6. The van der Waals surface area contributed by atoms with Crippen molar-refractivity contribution in [3.8, 4) is 22.8 Å². The van der Waals surface area contributed by atoms with Gasteiger partial charge in [-0.2, -0.15) is 26.3 Å². The first-order valence-corrected chi connectivity index (χ1v) is 20.2. The summed E-state index contributed by atoms with van der Waals surface area (Å²) in [4.78, 5) is 32.5. The molecule has 0 fully saturated rings. The first-order valence-electron chi connectivity index (χ1n) is 19.4. The van der Waals surface area contributed by atoms with Crippen molar-refractivity contribution >= 4 is 51.5 Å². The molecule has 0 bridgehead atoms. The zero-order valence-corrected chi connectivity index (χ0v) is 38.5. The third-order valence-electron chi connectivity index (χ3n) is 8.45. The third-order valence-corrected chi connectivity index (χ3v) is 8.98. The number of aryl methyl sites for hydroxylation is 6. The fourth-order valence-electron chi connectivity index (χ4n) is 5.79. The van der Waals surface area contributed by atoms with Gasteiger partial charge >= 0.3 is 24.3 Å². The van der Waals surface area contributed by atoms with Crippen LogP contribution >= 0.6 is 15.9 Å². The van der Waals surface area contributed by atoms with Crippen molar-refractivity contribution in [1.29, 1.82) is 0 Å². The van der Waals surface area contributed by atoms with E-state index in [1.54, 1.807) is 81.4 Å². The average molecular weight is 997 g/mol. The van der Waals surface area contributed by atoms with Gasteiger partial charge in [-0.25, -0.2) is 28.9 Å². The molecule has 0 aliphatic carbocycles. The normalized spacial score (nSPS) is 12.1. The lowest BCUT2D eigenvalue weighted by Gasteiger charge is -2.11. The van der Waals surface area contributed by atoms with Crippen LogP contribution in [0.5, 0.6) is 0 Å². The molecule has 66 heavy (non-hydrogen) atoms. The Balaban J connectivity index is 0.000000242. The largest absolute Gasteiger partial charge is 0.459 e. The second-order valence-electron chi connectivity index (χ2n) is 14.9. The van der Waals surface area contributed by atoms with E-state index in [0.29, 0.717) is 39.6 Å². The maximum Gasteiger partial charge on any atom is 0.416 e. The van der Waals surface area contributed by atoms with Crippen molar-refractivity contribution in [2.45, 2.75) is 93.8 Å². The van der Waals surface area contributed by atoms with Crippen LogP contribution in [0.4, 0.5) is 32.0 Å². The van der Waals surface area contributed by atoms with Gasteiger partial charge in [0, 0.05) is 17.3 Å². The van der Waals surface area contributed by atoms with Crippen LogP contribution < -0.4 is 5.23 Å². The van der Waals surface area contributed by atoms with Crippen molar-refractivity contribution in [3.05, 3.63) is 104 Å². The van der Waals surface area contributed by atoms with E-state index in [-0.39, 0.29) is 56.0 Å². The summed E-state index contributed by atoms with van der Waals surface area (Å²) in [6, 6.07) is 7.19. The number of ether oxygens (including phenoxy) is 2. The van der Waals surface area contributed by atoms with Gasteiger partial charge < -0.3 is 18.5 Å². The molecular formula is C42H44BrF6N9O8. The molecule has 0 saturated heterocycles. The van der Waals surface area contributed by atoms with E-state index in [1.165, 1.54) is 34.4 Å². The van der Waals surface area contributed by atoms with Gasteiger partial charge in [0.25, 0.3) is 0 Å². The van der Waals surface area contributed by atoms with Gasteiger partial charge in [0.2, 0.25) is 0 Å². The molecule has 0 aliphatic rings. The van der Waals surface area contributed by atoms with Crippen molar-refractivity contribution in [3.63, 3.8) is 0 Å². The molecule has 0 aliphatic heterocycles. The van der Waals surface area contributed by atoms with Gasteiger partial charge in [-0.15, -0.1) is 15.4 Å². The van der Waals surface area contributed by atoms with Crippen molar-refractivity contribution in [1.82, 2.24) is 39.8 Å². The van der Waals surface area contributed by atoms with E-state index in [0.717, 1.165) is 24.3 Å². The summed E-state index contributed by atoms with van der Waals surface area (Å²) >= 11 is 3.07. The number of nitrogens with zero attached hydrogens (tertiary/aromatic N) is 9. The third kappa shape index (κ3) is 14.2. The van der Waals surface area contributed by atoms with E-state index in [4.69, 9.17) is 24.4 Å². The Hall–Kier alpha value is -6.66. The zero-order chi connectivity index (χ0) is 49.4. The number of rotatable bonds is 10. The number of alkyl halides is 6. The molecule has 0 radical (unpaired) electrons. The number of carbonyl (C=O) groups excluding carboxylic acids is 2. The van der Waals surface area contributed by atoms with Crippen molar-refractivity contribution in [2.24, 2.45) is 0 Å². The number of benzene rings is 2. The van der Waals surface area contributed by atoms with Gasteiger partial charge in [-0.3, -0.25) is 10.4 Å². The number of halogens is 7. The molecule has 0 atom stereocenters. The Morgan fingerprint density at radius 1 is 0.682 bits per heavy atom. The lowest BCUT2D eigenvalue weighted by atomic mass is 10.1. The lowest BCUT2D eigenvalue weighted by molar-refractivity contribution is -0.142. The minimum atomic E-state index is -4.49. The van der Waals surface area contributed by atoms with E-state index in [1.807, 2.05) is 0 Å². The molecule has 24 heteroatoms. The molecule has 0 saturated carbocycles. The van der Waals surface area contributed by atoms with E-state index < -0.39 is 35.4 Å². The van der Waals surface area contributed by atoms with Crippen molar-refractivity contribution in [2.75, 3.05) is 5.23 Å². The Kier molecular flexibility index (Phi) is 17.0. The van der Waals surface area contributed by atoms with Gasteiger partial charge in [0.05, 0.1) is 46.4 Å². The van der Waals surface area contributed by atoms with E-state index in [9.17, 15) is 35.9 Å². The molecule has 4 heterocycles. The van der Waals surface area contributed by atoms with Crippen LogP contribution in [0.15, 0.2) is 62.6 Å². The fourth-order valence-corrected chi connectivity index (χ4v) is 6.09. The molecule has 2 aromatic carbocycles. The predicted molar refractivity (Wildman–Crippen MR) is 228 cm³/mol. The quantitative estimate of drug-likeness (QED) is 0.0566. The Bertz CT molecular complexity index is 2680. The highest BCUT2D eigenvalue weighted by Gasteiger charge is 2.32. The minimum Gasteiger partial charge on any atom is -0.459 e. The summed E-state index contributed by atoms with van der Waals surface area (Å²) in [6.07, 6.45) is -4.30. The highest BCUT2D eigenvalue weighted by molar-refractivity contribution is 9.12. The van der Waals surface area contributed by atoms with Gasteiger partial charge in [-0.05, 0) is 133 Å². The molecule has 0 unspecified atom stereocenters. The first kappa shape index (κ1) is 52.0. The molecular weight excluding hydrogens is 952 g/mol. The molecule has 17 nitrogen and oxygen atoms in total. The smallest absolute Gasteiger partial charge is 0.416 e. The summed E-state index contributed by atoms with van der Waals surface area (Å²) in [5.74, 6) is -0.206. The Labute approximate surface area is 381 Å². The standard InChI is InChI=1S/C21H21F3N4O3.C16H15BrF3N3O2.C5H8N2O3/c1-11(2)30-20(29)17(18-13(4)27-31-14(18)5)9-28-10-25-19(26-28)15-6-12(3)7-16(8-15)21(22,23)24;1-9(2)25-15(24)13(17)7-23-8-21-14(22-23)11-4-10(3)5-12(6-11)16(18,19)20;1-3-5(7(8)9)4(2)10-6-3/h6-11H,1-5H3;4-9H,1-3H3;8-9H,1-2H3/b17-9+;13-7-;. The van der Waals surface area contributed by atoms with Gasteiger partial charge in [0.1, 0.15) is 28.6 Å². The number of aromatic nitrogens is 8. The summed E-state index contributed by atoms with van der Waals surface area (Å²) < 4.78 is 101. The number of hydrogen-bond acceptors (Lipinski definition) is 15. The van der Waals surface area contributed by atoms with E-state index in [2.05, 4.69) is 50.9 Å². The highest BCUT2D eigenvalue weighted by Crippen LogP contribution is 2.34. The Morgan fingerprint density at radius 3 is 1.50 bits per heavy atom. The fraction of sp³-hybridized carbons (Fsp3) is 0.333. The molecule has 4 aromatic heterocycles. The number of esters is 2. The van der Waals surface area contributed by atoms with Crippen molar-refractivity contribution < 1.29 is 64.9 Å². The first-order chi connectivity index (χ1) is 30.6. The second-order valence-corrected chi connectivity index (χ2v) is 15.7. The maximum absolute atomic E-state index is 13.1. The molecule has 0 spiro atoms. The monoisotopic (exact) mass is 995 g/mol. The van der Waals surface area contributed by atoms with E-state index >= 15 is 0 Å². The molecule has 6 aromatic rings. The Morgan fingerprint density at radius 2 is 1.12 bits per heavy atom. The van der Waals surface area contributed by atoms with Crippen LogP contribution in [0.3, 0.4) is 0 Å². The number of carbonyl (C=O) groups is 2. The summed E-state index contributed by atoms with van der Waals surface area (Å²) in [6.45, 7) is 16.5. The number of hydrogen-bond donors (Lipinski definition) is 2. The van der Waals surface area contributed by atoms with Crippen LogP contribution in [0.25, 0.3) is 40.7 Å². The average Bonchev–Trinajstić information content (AvgIpc) is 4.01. The lowest BCUT2D eigenvalue weighted by Crippen LogP contribution is -2.14. The zero-order valence-electron chi connectivity index (χ0n) is 36.9. The van der Waals surface area contributed by atoms with Gasteiger partial charge in [0.15, 0.2) is 23.1 Å². The highest BCUT2D eigenvalue weighted by atomic mass is 79.9. The topological polar surface area (TPSA) is 210 Å². The van der Waals surface area contributed by atoms with Crippen LogP contribution in [-0.4, -0.2) is 74.4 Å². The minimum absolute atomic E-state index is 0.00116. The SMILES string of the molecule is Cc1cc(-c2ncn(/C=C(/C(=O)OC(C)C)c3c(C)noc3C)n2)cc(C(F)(F)F)c1.Cc1cc(-c2ncn(/C=C(\Br)C(=O)OC(C)C)n2)cc(C(F)(F)F)c1.Cc1noc(C)c1N(O)O. The summed E-state index contributed by atoms with van der Waals surface area (Å²) in [5, 5.41) is 32.8. The molecule has 2 N–H and O–H groups in total. The maximum atomic E-state index is 13.1. The molecule has 354 valence electrons. The molecule has 0 amide bonds. The van der Waals surface area contributed by atoms with Crippen LogP contribution in [-0.2, 0) is 31.4 Å². The van der Waals surface area contributed by atoms with Crippen LogP contribution in [0.2, 0.25) is 0 Å².